The maximum atomic E-state index is 12.0. The number of carbonyl (C=O) groups is 1. The number of pyridine rings is 1. The monoisotopic (exact) mass is 321 g/mol. The van der Waals surface area contributed by atoms with Crippen molar-refractivity contribution < 1.29 is 9.90 Å². The Kier molecular flexibility index (Phi) is 3.71. The van der Waals surface area contributed by atoms with E-state index in [1.165, 1.54) is 12.1 Å². The number of nitrogens with zero attached hydrogens (tertiary/aromatic N) is 1. The Balaban J connectivity index is 2.20. The van der Waals surface area contributed by atoms with E-state index in [4.69, 9.17) is 5.73 Å². The van der Waals surface area contributed by atoms with Crippen LogP contribution in [0.2, 0.25) is 0 Å². The normalized spacial score (nSPS) is 10.2. The summed E-state index contributed by atoms with van der Waals surface area (Å²) in [5.74, 6) is -0.448. The van der Waals surface area contributed by atoms with Gasteiger partial charge >= 0.3 is 0 Å². The maximum absolute atomic E-state index is 12.0. The average Bonchev–Trinajstić information content (AvgIpc) is 2.37. The minimum Gasteiger partial charge on any atom is -0.506 e. The number of nitrogens with two attached hydrogens (primary N) is 1. The molecule has 1 amide bonds. The first-order chi connectivity index (χ1) is 8.97. The summed E-state index contributed by atoms with van der Waals surface area (Å²) < 4.78 is 0.732. The topological polar surface area (TPSA) is 88.2 Å². The van der Waals surface area contributed by atoms with Crippen LogP contribution >= 0.6 is 15.9 Å². The highest BCUT2D eigenvalue weighted by atomic mass is 79.9. The van der Waals surface area contributed by atoms with E-state index in [1.807, 2.05) is 6.92 Å². The number of hydrogen-bond donors (Lipinski definition) is 3. The fourth-order valence-electron chi connectivity index (χ4n) is 1.51. The van der Waals surface area contributed by atoms with Gasteiger partial charge in [-0.1, -0.05) is 0 Å². The van der Waals surface area contributed by atoms with Crippen LogP contribution in [-0.2, 0) is 0 Å². The number of aromatic nitrogens is 1. The van der Waals surface area contributed by atoms with Crippen molar-refractivity contribution >= 4 is 33.2 Å². The molecule has 0 saturated carbocycles. The van der Waals surface area contributed by atoms with E-state index < -0.39 is 0 Å². The van der Waals surface area contributed by atoms with Crippen LogP contribution in [0, 0.1) is 6.92 Å². The molecule has 6 heteroatoms. The largest absolute Gasteiger partial charge is 0.506 e. The van der Waals surface area contributed by atoms with Gasteiger partial charge in [0.15, 0.2) is 0 Å². The Morgan fingerprint density at radius 3 is 2.79 bits per heavy atom. The van der Waals surface area contributed by atoms with E-state index in [0.717, 1.165) is 10.2 Å². The van der Waals surface area contributed by atoms with E-state index in [-0.39, 0.29) is 17.3 Å². The number of amides is 1. The molecule has 0 spiro atoms. The lowest BCUT2D eigenvalue weighted by Gasteiger charge is -2.07. The summed E-state index contributed by atoms with van der Waals surface area (Å²) in [5.41, 5.74) is 7.54. The Bertz CT molecular complexity index is 644. The number of phenols is 1. The number of halogens is 1. The van der Waals surface area contributed by atoms with Gasteiger partial charge in [-0.25, -0.2) is 4.98 Å². The van der Waals surface area contributed by atoms with Crippen molar-refractivity contribution in [2.24, 2.45) is 0 Å². The fraction of sp³-hybridized carbons (Fsp3) is 0.0769. The molecule has 1 aromatic carbocycles. The molecule has 1 heterocycles. The molecule has 2 aromatic rings. The SMILES string of the molecule is Cc1cc(NC(=O)c2ccc(N)c(O)c2)cnc1Br. The summed E-state index contributed by atoms with van der Waals surface area (Å²) in [6.45, 7) is 1.88. The standard InChI is InChI=1S/C13H12BrN3O2/c1-7-4-9(6-16-12(7)14)17-13(19)8-2-3-10(15)11(18)5-8/h2-6,18H,15H2,1H3,(H,17,19). The Morgan fingerprint density at radius 2 is 2.16 bits per heavy atom. The summed E-state index contributed by atoms with van der Waals surface area (Å²) in [6, 6.07) is 6.15. The minimum absolute atomic E-state index is 0.113. The molecular weight excluding hydrogens is 310 g/mol. The van der Waals surface area contributed by atoms with Gasteiger partial charge in [-0.15, -0.1) is 0 Å². The molecule has 0 aliphatic carbocycles. The van der Waals surface area contributed by atoms with Gasteiger partial charge in [0.1, 0.15) is 10.4 Å². The van der Waals surface area contributed by atoms with E-state index in [9.17, 15) is 9.90 Å². The van der Waals surface area contributed by atoms with Crippen LogP contribution in [0.3, 0.4) is 0 Å². The van der Waals surface area contributed by atoms with Gasteiger partial charge in [-0.2, -0.15) is 0 Å². The van der Waals surface area contributed by atoms with Crippen molar-refractivity contribution in [2.45, 2.75) is 6.92 Å². The molecular formula is C13H12BrN3O2. The van der Waals surface area contributed by atoms with Gasteiger partial charge in [0.05, 0.1) is 17.6 Å². The van der Waals surface area contributed by atoms with Gasteiger partial charge in [0.2, 0.25) is 0 Å². The number of rotatable bonds is 2. The van der Waals surface area contributed by atoms with Crippen LogP contribution in [0.25, 0.3) is 0 Å². The average molecular weight is 322 g/mol. The molecule has 2 rings (SSSR count). The van der Waals surface area contributed by atoms with Crippen molar-refractivity contribution in [1.29, 1.82) is 0 Å². The predicted octanol–water partition coefficient (Wildman–Crippen LogP) is 2.69. The van der Waals surface area contributed by atoms with E-state index >= 15 is 0 Å². The molecule has 0 bridgehead atoms. The van der Waals surface area contributed by atoms with Crippen molar-refractivity contribution in [1.82, 2.24) is 4.98 Å². The van der Waals surface area contributed by atoms with E-state index in [1.54, 1.807) is 18.3 Å². The molecule has 0 radical (unpaired) electrons. The summed E-state index contributed by atoms with van der Waals surface area (Å²) >= 11 is 3.29. The second-order valence-electron chi connectivity index (χ2n) is 4.06. The molecule has 5 nitrogen and oxygen atoms in total. The van der Waals surface area contributed by atoms with E-state index in [0.29, 0.717) is 11.3 Å². The van der Waals surface area contributed by atoms with Crippen LogP contribution in [0.1, 0.15) is 15.9 Å². The van der Waals surface area contributed by atoms with Crippen molar-refractivity contribution in [2.75, 3.05) is 11.1 Å². The third-order valence-corrected chi connectivity index (χ3v) is 3.40. The molecule has 0 fully saturated rings. The number of phenolic OH excluding ortho intramolecular Hbond substituents is 1. The summed E-state index contributed by atoms with van der Waals surface area (Å²) in [5, 5.41) is 12.2. The van der Waals surface area contributed by atoms with Gasteiger partial charge in [-0.3, -0.25) is 4.79 Å². The molecule has 0 aliphatic heterocycles. The number of anilines is 2. The first-order valence-corrected chi connectivity index (χ1v) is 6.28. The molecule has 0 aliphatic rings. The Morgan fingerprint density at radius 1 is 1.42 bits per heavy atom. The molecule has 0 atom stereocenters. The Hall–Kier alpha value is -2.08. The molecule has 0 unspecified atom stereocenters. The summed E-state index contributed by atoms with van der Waals surface area (Å²) in [7, 11) is 0. The second kappa shape index (κ2) is 5.27. The smallest absolute Gasteiger partial charge is 0.255 e. The quantitative estimate of drug-likeness (QED) is 0.451. The molecule has 98 valence electrons. The Labute approximate surface area is 118 Å². The van der Waals surface area contributed by atoms with Crippen LogP contribution in [0.15, 0.2) is 35.1 Å². The lowest BCUT2D eigenvalue weighted by Crippen LogP contribution is -2.12. The zero-order valence-electron chi connectivity index (χ0n) is 10.1. The number of nitrogen functional groups attached to an aromatic ring is 1. The van der Waals surface area contributed by atoms with Gasteiger partial charge < -0.3 is 16.2 Å². The first-order valence-electron chi connectivity index (χ1n) is 5.49. The molecule has 0 saturated heterocycles. The number of benzene rings is 1. The molecule has 1 aromatic heterocycles. The predicted molar refractivity (Wildman–Crippen MR) is 77.1 cm³/mol. The van der Waals surface area contributed by atoms with Crippen LogP contribution in [0.5, 0.6) is 5.75 Å². The lowest BCUT2D eigenvalue weighted by molar-refractivity contribution is 0.102. The second-order valence-corrected chi connectivity index (χ2v) is 4.81. The number of aromatic hydroxyl groups is 1. The summed E-state index contributed by atoms with van der Waals surface area (Å²) in [4.78, 5) is 16.1. The number of carbonyl (C=O) groups excluding carboxylic acids is 1. The van der Waals surface area contributed by atoms with Gasteiger partial charge in [0, 0.05) is 5.56 Å². The van der Waals surface area contributed by atoms with Crippen LogP contribution in [-0.4, -0.2) is 16.0 Å². The van der Waals surface area contributed by atoms with Gasteiger partial charge in [0.25, 0.3) is 5.91 Å². The molecule has 19 heavy (non-hydrogen) atoms. The van der Waals surface area contributed by atoms with Crippen LogP contribution < -0.4 is 11.1 Å². The van der Waals surface area contributed by atoms with Gasteiger partial charge in [-0.05, 0) is 52.7 Å². The molecule has 4 N–H and O–H groups in total. The highest BCUT2D eigenvalue weighted by Gasteiger charge is 2.09. The highest BCUT2D eigenvalue weighted by molar-refractivity contribution is 9.10. The fourth-order valence-corrected chi connectivity index (χ4v) is 1.73. The third kappa shape index (κ3) is 3.03. The van der Waals surface area contributed by atoms with Crippen LogP contribution in [0.4, 0.5) is 11.4 Å². The first kappa shape index (κ1) is 13.4. The zero-order chi connectivity index (χ0) is 14.0. The number of nitrogens with one attached hydrogen (secondary N) is 1. The number of hydrogen-bond acceptors (Lipinski definition) is 4. The van der Waals surface area contributed by atoms with Crippen molar-refractivity contribution in [3.8, 4) is 5.75 Å². The lowest BCUT2D eigenvalue weighted by atomic mass is 10.1. The minimum atomic E-state index is -0.334. The maximum Gasteiger partial charge on any atom is 0.255 e. The van der Waals surface area contributed by atoms with Crippen molar-refractivity contribution in [3.05, 3.63) is 46.2 Å². The third-order valence-electron chi connectivity index (χ3n) is 2.56. The van der Waals surface area contributed by atoms with Crippen molar-refractivity contribution in [3.63, 3.8) is 0 Å². The summed E-state index contributed by atoms with van der Waals surface area (Å²) in [6.07, 6.45) is 1.55. The zero-order valence-corrected chi connectivity index (χ0v) is 11.7. The number of aryl methyl sites for hydroxylation is 1. The highest BCUT2D eigenvalue weighted by Crippen LogP contribution is 2.22. The van der Waals surface area contributed by atoms with E-state index in [2.05, 4.69) is 26.2 Å².